The van der Waals surface area contributed by atoms with Crippen LogP contribution in [0.5, 0.6) is 0 Å². The van der Waals surface area contributed by atoms with Crippen molar-refractivity contribution in [3.05, 3.63) is 29.6 Å². The van der Waals surface area contributed by atoms with Crippen LogP contribution in [0.15, 0.2) is 23.1 Å². The second kappa shape index (κ2) is 7.90. The van der Waals surface area contributed by atoms with Gasteiger partial charge in [0.25, 0.3) is 5.91 Å². The van der Waals surface area contributed by atoms with Gasteiger partial charge in [0, 0.05) is 19.1 Å². The standard InChI is InChI=1S/C23H33FN2O3S/c1-4-26(5-2)30(28,29)19-6-7-21(24)20(11-19)22(27)25-15(3)23-12-16-8-17(13-23)10-18(9-16)14-23/h6-7,11,15-18H,4-5,8-10,12-14H2,1-3H3,(H,25,27). The average Bonchev–Trinajstić information content (AvgIpc) is 2.67. The average molecular weight is 437 g/mol. The van der Waals surface area contributed by atoms with Gasteiger partial charge >= 0.3 is 0 Å². The lowest BCUT2D eigenvalue weighted by Crippen LogP contribution is -2.55. The number of halogens is 1. The van der Waals surface area contributed by atoms with Crippen molar-refractivity contribution >= 4 is 15.9 Å². The maximum Gasteiger partial charge on any atom is 0.254 e. The van der Waals surface area contributed by atoms with Crippen LogP contribution in [0.1, 0.15) is 69.7 Å². The Hall–Kier alpha value is -1.47. The summed E-state index contributed by atoms with van der Waals surface area (Å²) in [5, 5.41) is 3.04. The van der Waals surface area contributed by atoms with Crippen molar-refractivity contribution < 1.29 is 17.6 Å². The molecule has 4 bridgehead atoms. The summed E-state index contributed by atoms with van der Waals surface area (Å²) in [6.45, 7) is 6.19. The van der Waals surface area contributed by atoms with Gasteiger partial charge in [-0.2, -0.15) is 4.31 Å². The zero-order valence-electron chi connectivity index (χ0n) is 18.2. The SMILES string of the molecule is CCN(CC)S(=O)(=O)c1ccc(F)c(C(=O)NC(C)C23CC4CC(CC(C4)C2)C3)c1. The fourth-order valence-electron chi connectivity index (χ4n) is 6.69. The van der Waals surface area contributed by atoms with Gasteiger partial charge in [-0.25, -0.2) is 12.8 Å². The van der Waals surface area contributed by atoms with E-state index in [1.165, 1.54) is 35.7 Å². The number of hydrogen-bond donors (Lipinski definition) is 1. The van der Waals surface area contributed by atoms with E-state index in [1.807, 2.05) is 6.92 Å². The number of nitrogens with zero attached hydrogens (tertiary/aromatic N) is 1. The molecule has 0 saturated heterocycles. The topological polar surface area (TPSA) is 66.5 Å². The molecule has 30 heavy (non-hydrogen) atoms. The van der Waals surface area contributed by atoms with Crippen LogP contribution >= 0.6 is 0 Å². The lowest BCUT2D eigenvalue weighted by Gasteiger charge is -2.59. The minimum Gasteiger partial charge on any atom is -0.349 e. The van der Waals surface area contributed by atoms with E-state index in [1.54, 1.807) is 13.8 Å². The Morgan fingerprint density at radius 1 is 1.13 bits per heavy atom. The molecule has 5 nitrogen and oxygen atoms in total. The molecule has 0 radical (unpaired) electrons. The van der Waals surface area contributed by atoms with Crippen LogP contribution in [0.4, 0.5) is 4.39 Å². The fraction of sp³-hybridized carbons (Fsp3) is 0.696. The molecule has 1 aromatic carbocycles. The molecule has 1 aromatic rings. The van der Waals surface area contributed by atoms with E-state index >= 15 is 0 Å². The number of rotatable bonds is 7. The van der Waals surface area contributed by atoms with E-state index in [9.17, 15) is 17.6 Å². The molecule has 1 amide bonds. The number of amides is 1. The lowest BCUT2D eigenvalue weighted by atomic mass is 9.48. The van der Waals surface area contributed by atoms with Crippen LogP contribution in [0.25, 0.3) is 0 Å². The first-order valence-corrected chi connectivity index (χ1v) is 12.7. The van der Waals surface area contributed by atoms with Gasteiger partial charge in [-0.3, -0.25) is 4.79 Å². The van der Waals surface area contributed by atoms with Gasteiger partial charge in [-0.15, -0.1) is 0 Å². The molecule has 4 saturated carbocycles. The highest BCUT2D eigenvalue weighted by molar-refractivity contribution is 7.89. The van der Waals surface area contributed by atoms with Crippen LogP contribution in [-0.4, -0.2) is 37.8 Å². The first kappa shape index (κ1) is 21.8. The Morgan fingerprint density at radius 2 is 1.67 bits per heavy atom. The number of sulfonamides is 1. The molecule has 0 aliphatic heterocycles. The summed E-state index contributed by atoms with van der Waals surface area (Å²) in [5.74, 6) is 1.07. The summed E-state index contributed by atoms with van der Waals surface area (Å²) in [5.41, 5.74) is -0.0917. The largest absolute Gasteiger partial charge is 0.349 e. The Bertz CT molecular complexity index is 891. The lowest BCUT2D eigenvalue weighted by molar-refractivity contribution is -0.0688. The third-order valence-corrected chi connectivity index (χ3v) is 9.92. The summed E-state index contributed by atoms with van der Waals surface area (Å²) in [6.07, 6.45) is 7.37. The van der Waals surface area contributed by atoms with Crippen molar-refractivity contribution in [3.8, 4) is 0 Å². The van der Waals surface area contributed by atoms with Crippen LogP contribution < -0.4 is 5.32 Å². The third-order valence-electron chi connectivity index (χ3n) is 7.88. The molecule has 4 aliphatic rings. The number of benzene rings is 1. The number of nitrogens with one attached hydrogen (secondary N) is 1. The van der Waals surface area contributed by atoms with Crippen molar-refractivity contribution in [2.45, 2.75) is 70.2 Å². The normalized spacial score (nSPS) is 31.2. The van der Waals surface area contributed by atoms with Gasteiger partial charge in [-0.1, -0.05) is 13.8 Å². The summed E-state index contributed by atoms with van der Waals surface area (Å²) in [6, 6.07) is 3.45. The van der Waals surface area contributed by atoms with Crippen LogP contribution in [0.2, 0.25) is 0 Å². The van der Waals surface area contributed by atoms with Gasteiger partial charge < -0.3 is 5.32 Å². The molecule has 5 rings (SSSR count). The van der Waals surface area contributed by atoms with Crippen molar-refractivity contribution in [1.29, 1.82) is 0 Å². The van der Waals surface area contributed by atoms with E-state index in [4.69, 9.17) is 0 Å². The summed E-state index contributed by atoms with van der Waals surface area (Å²) < 4.78 is 41.4. The summed E-state index contributed by atoms with van der Waals surface area (Å²) in [7, 11) is -3.75. The zero-order chi connectivity index (χ0) is 21.7. The van der Waals surface area contributed by atoms with Crippen LogP contribution in [-0.2, 0) is 10.0 Å². The maximum absolute atomic E-state index is 14.5. The van der Waals surface area contributed by atoms with E-state index < -0.39 is 21.7 Å². The van der Waals surface area contributed by atoms with Gasteiger partial charge in [0.1, 0.15) is 5.82 Å². The Kier molecular flexibility index (Phi) is 5.73. The molecular formula is C23H33FN2O3S. The molecule has 4 aliphatic carbocycles. The highest BCUT2D eigenvalue weighted by Gasteiger charge is 2.53. The highest BCUT2D eigenvalue weighted by Crippen LogP contribution is 2.61. The van der Waals surface area contributed by atoms with E-state index in [0.29, 0.717) is 13.1 Å². The number of carbonyl (C=O) groups excluding carboxylic acids is 1. The fourth-order valence-corrected chi connectivity index (χ4v) is 8.17. The molecule has 0 heterocycles. The van der Waals surface area contributed by atoms with Crippen molar-refractivity contribution in [3.63, 3.8) is 0 Å². The molecule has 1 unspecified atom stereocenters. The molecule has 0 aromatic heterocycles. The second-order valence-corrected chi connectivity index (χ2v) is 11.6. The van der Waals surface area contributed by atoms with Crippen molar-refractivity contribution in [1.82, 2.24) is 9.62 Å². The quantitative estimate of drug-likeness (QED) is 0.697. The van der Waals surface area contributed by atoms with Gasteiger partial charge in [0.05, 0.1) is 10.5 Å². The molecule has 4 fully saturated rings. The molecular weight excluding hydrogens is 403 g/mol. The van der Waals surface area contributed by atoms with Crippen molar-refractivity contribution in [2.75, 3.05) is 13.1 Å². The van der Waals surface area contributed by atoms with E-state index in [0.717, 1.165) is 43.1 Å². The van der Waals surface area contributed by atoms with Crippen molar-refractivity contribution in [2.24, 2.45) is 23.2 Å². The van der Waals surface area contributed by atoms with E-state index in [2.05, 4.69) is 5.32 Å². The summed E-state index contributed by atoms with van der Waals surface area (Å²) in [4.78, 5) is 13.0. The molecule has 1 N–H and O–H groups in total. The first-order chi connectivity index (χ1) is 14.2. The third kappa shape index (κ3) is 3.68. The molecule has 1 atom stereocenters. The second-order valence-electron chi connectivity index (χ2n) is 9.71. The Morgan fingerprint density at radius 3 is 2.17 bits per heavy atom. The number of hydrogen-bond acceptors (Lipinski definition) is 3. The predicted octanol–water partition coefficient (Wildman–Crippen LogP) is 4.19. The van der Waals surface area contributed by atoms with Crippen LogP contribution in [0.3, 0.4) is 0 Å². The van der Waals surface area contributed by atoms with Gasteiger partial charge in [-0.05, 0) is 86.8 Å². The smallest absolute Gasteiger partial charge is 0.254 e. The Balaban J connectivity index is 1.55. The number of carbonyl (C=O) groups is 1. The van der Waals surface area contributed by atoms with Gasteiger partial charge in [0.2, 0.25) is 10.0 Å². The monoisotopic (exact) mass is 436 g/mol. The van der Waals surface area contributed by atoms with Crippen LogP contribution in [0, 0.1) is 29.0 Å². The molecule has 0 spiro atoms. The molecule has 7 heteroatoms. The molecule has 166 valence electrons. The van der Waals surface area contributed by atoms with E-state index in [-0.39, 0.29) is 21.9 Å². The predicted molar refractivity (Wildman–Crippen MR) is 114 cm³/mol. The van der Waals surface area contributed by atoms with Gasteiger partial charge in [0.15, 0.2) is 0 Å². The minimum absolute atomic E-state index is 0.0415. The zero-order valence-corrected chi connectivity index (χ0v) is 19.0. The Labute approximate surface area is 179 Å². The summed E-state index contributed by atoms with van der Waals surface area (Å²) >= 11 is 0. The first-order valence-electron chi connectivity index (χ1n) is 11.3. The minimum atomic E-state index is -3.75. The highest BCUT2D eigenvalue weighted by atomic mass is 32.2. The maximum atomic E-state index is 14.5.